The molecule has 2 aliphatic carbocycles. The monoisotopic (exact) mass is 285 g/mol. The summed E-state index contributed by atoms with van der Waals surface area (Å²) in [5.74, 6) is 0.289. The van der Waals surface area contributed by atoms with E-state index in [0.717, 1.165) is 0 Å². The summed E-state index contributed by atoms with van der Waals surface area (Å²) >= 11 is 0. The Balaban J connectivity index is 1.63. The molecule has 0 saturated heterocycles. The maximum absolute atomic E-state index is 12.5. The maximum atomic E-state index is 12.5. The Kier molecular flexibility index (Phi) is 4.62. The lowest BCUT2D eigenvalue weighted by molar-refractivity contribution is -0.131. The van der Waals surface area contributed by atoms with Crippen LogP contribution in [0.2, 0.25) is 0 Å². The van der Waals surface area contributed by atoms with E-state index in [4.69, 9.17) is 0 Å². The molecule has 21 heavy (non-hydrogen) atoms. The molecule has 1 fully saturated rings. The highest BCUT2D eigenvalue weighted by atomic mass is 16.2. The summed E-state index contributed by atoms with van der Waals surface area (Å²) in [6.07, 6.45) is 11.9. The van der Waals surface area contributed by atoms with Gasteiger partial charge in [0.2, 0.25) is 5.91 Å². The van der Waals surface area contributed by atoms with Crippen molar-refractivity contribution in [2.24, 2.45) is 0 Å². The van der Waals surface area contributed by atoms with E-state index in [-0.39, 0.29) is 5.91 Å². The van der Waals surface area contributed by atoms with Crippen LogP contribution in [-0.2, 0) is 24.1 Å². The van der Waals surface area contributed by atoms with Crippen molar-refractivity contribution in [1.82, 2.24) is 4.90 Å². The third-order valence-electron chi connectivity index (χ3n) is 5.28. The second kappa shape index (κ2) is 6.64. The molecule has 0 unspecified atom stereocenters. The summed E-state index contributed by atoms with van der Waals surface area (Å²) in [7, 11) is 2.00. The number of fused-ring (bicyclic) bond motifs is 1. The number of benzene rings is 1. The van der Waals surface area contributed by atoms with E-state index in [2.05, 4.69) is 18.2 Å². The Bertz CT molecular complexity index is 502. The van der Waals surface area contributed by atoms with Crippen molar-refractivity contribution in [3.63, 3.8) is 0 Å². The predicted octanol–water partition coefficient (Wildman–Crippen LogP) is 3.90. The average Bonchev–Trinajstić information content (AvgIpc) is 2.55. The Morgan fingerprint density at radius 3 is 2.52 bits per heavy atom. The zero-order chi connectivity index (χ0) is 14.7. The van der Waals surface area contributed by atoms with Crippen molar-refractivity contribution in [3.05, 3.63) is 34.9 Å². The summed E-state index contributed by atoms with van der Waals surface area (Å²) < 4.78 is 0. The molecular formula is C19H27NO. The second-order valence-corrected chi connectivity index (χ2v) is 6.78. The summed E-state index contributed by atoms with van der Waals surface area (Å²) in [5.41, 5.74) is 4.17. The van der Waals surface area contributed by atoms with E-state index in [9.17, 15) is 4.79 Å². The van der Waals surface area contributed by atoms with Gasteiger partial charge in [0.05, 0.1) is 6.42 Å². The number of hydrogen-bond acceptors (Lipinski definition) is 1. The molecule has 0 aliphatic heterocycles. The van der Waals surface area contributed by atoms with Gasteiger partial charge in [-0.25, -0.2) is 0 Å². The largest absolute Gasteiger partial charge is 0.342 e. The van der Waals surface area contributed by atoms with Gasteiger partial charge in [-0.15, -0.1) is 0 Å². The van der Waals surface area contributed by atoms with Crippen LogP contribution in [0.4, 0.5) is 0 Å². The van der Waals surface area contributed by atoms with E-state index in [1.807, 2.05) is 11.9 Å². The van der Waals surface area contributed by atoms with Gasteiger partial charge in [-0.05, 0) is 55.2 Å². The molecule has 2 heteroatoms. The first kappa shape index (κ1) is 14.6. The fourth-order valence-corrected chi connectivity index (χ4v) is 3.87. The number of carbonyl (C=O) groups is 1. The summed E-state index contributed by atoms with van der Waals surface area (Å²) in [6, 6.07) is 7.17. The minimum absolute atomic E-state index is 0.289. The van der Waals surface area contributed by atoms with E-state index in [0.29, 0.717) is 12.5 Å². The first-order valence-corrected chi connectivity index (χ1v) is 8.60. The number of amides is 1. The van der Waals surface area contributed by atoms with Gasteiger partial charge in [-0.1, -0.05) is 37.5 Å². The number of nitrogens with zero attached hydrogens (tertiary/aromatic N) is 1. The molecule has 1 saturated carbocycles. The minimum atomic E-state index is 0.289. The van der Waals surface area contributed by atoms with Crippen LogP contribution in [0.25, 0.3) is 0 Å². The van der Waals surface area contributed by atoms with Gasteiger partial charge in [0, 0.05) is 13.1 Å². The molecule has 0 spiro atoms. The molecular weight excluding hydrogens is 258 g/mol. The first-order chi connectivity index (χ1) is 10.2. The quantitative estimate of drug-likeness (QED) is 0.825. The molecule has 1 aromatic carbocycles. The van der Waals surface area contributed by atoms with Gasteiger partial charge >= 0.3 is 0 Å². The summed E-state index contributed by atoms with van der Waals surface area (Å²) in [6.45, 7) is 0. The van der Waals surface area contributed by atoms with Crippen LogP contribution in [0.15, 0.2) is 18.2 Å². The molecule has 0 radical (unpaired) electrons. The van der Waals surface area contributed by atoms with Crippen molar-refractivity contribution in [3.8, 4) is 0 Å². The maximum Gasteiger partial charge on any atom is 0.226 e. The van der Waals surface area contributed by atoms with Gasteiger partial charge in [0.15, 0.2) is 0 Å². The van der Waals surface area contributed by atoms with Crippen LogP contribution in [0.1, 0.15) is 61.6 Å². The van der Waals surface area contributed by atoms with Crippen molar-refractivity contribution in [2.75, 3.05) is 7.05 Å². The minimum Gasteiger partial charge on any atom is -0.342 e. The number of aryl methyl sites for hydroxylation is 2. The number of hydrogen-bond donors (Lipinski definition) is 0. The molecule has 2 nitrogen and oxygen atoms in total. The van der Waals surface area contributed by atoms with Gasteiger partial charge in [-0.2, -0.15) is 0 Å². The van der Waals surface area contributed by atoms with Crippen molar-refractivity contribution < 1.29 is 4.79 Å². The highest BCUT2D eigenvalue weighted by Gasteiger charge is 2.22. The molecule has 0 bridgehead atoms. The molecule has 0 atom stereocenters. The second-order valence-electron chi connectivity index (χ2n) is 6.78. The van der Waals surface area contributed by atoms with Gasteiger partial charge in [0.25, 0.3) is 0 Å². The lowest BCUT2D eigenvalue weighted by Crippen LogP contribution is -2.39. The van der Waals surface area contributed by atoms with E-state index < -0.39 is 0 Å². The summed E-state index contributed by atoms with van der Waals surface area (Å²) in [5, 5.41) is 0. The van der Waals surface area contributed by atoms with Gasteiger partial charge < -0.3 is 4.90 Å². The molecule has 114 valence electrons. The molecule has 2 aliphatic rings. The van der Waals surface area contributed by atoms with Crippen LogP contribution in [0.5, 0.6) is 0 Å². The standard InChI is InChI=1S/C19H27NO/c1-20(18-9-3-2-4-10-18)19(21)14-15-11-12-16-7-5-6-8-17(16)13-15/h11-13,18H,2-10,14H2,1H3. The molecule has 0 aromatic heterocycles. The van der Waals surface area contributed by atoms with Crippen molar-refractivity contribution >= 4 is 5.91 Å². The third kappa shape index (κ3) is 3.48. The Labute approximate surface area is 128 Å². The highest BCUT2D eigenvalue weighted by molar-refractivity contribution is 5.79. The molecule has 0 N–H and O–H groups in total. The van der Waals surface area contributed by atoms with Crippen LogP contribution in [0, 0.1) is 0 Å². The fourth-order valence-electron chi connectivity index (χ4n) is 3.87. The first-order valence-electron chi connectivity index (χ1n) is 8.60. The third-order valence-corrected chi connectivity index (χ3v) is 5.28. The number of rotatable bonds is 3. The van der Waals surface area contributed by atoms with E-state index >= 15 is 0 Å². The molecule has 0 heterocycles. The normalized spacial score (nSPS) is 19.1. The van der Waals surface area contributed by atoms with Crippen molar-refractivity contribution in [1.29, 1.82) is 0 Å². The lowest BCUT2D eigenvalue weighted by atomic mass is 9.89. The fraction of sp³-hybridized carbons (Fsp3) is 0.632. The smallest absolute Gasteiger partial charge is 0.226 e. The molecule has 3 rings (SSSR count). The number of likely N-dealkylation sites (N-methyl/N-ethyl adjacent to an activating group) is 1. The topological polar surface area (TPSA) is 20.3 Å². The van der Waals surface area contributed by atoms with Gasteiger partial charge in [0.1, 0.15) is 0 Å². The van der Waals surface area contributed by atoms with Crippen LogP contribution < -0.4 is 0 Å². The molecule has 1 amide bonds. The van der Waals surface area contributed by atoms with Crippen LogP contribution in [-0.4, -0.2) is 23.9 Å². The van der Waals surface area contributed by atoms with Gasteiger partial charge in [-0.3, -0.25) is 4.79 Å². The predicted molar refractivity (Wildman–Crippen MR) is 86.4 cm³/mol. The Morgan fingerprint density at radius 1 is 1.05 bits per heavy atom. The zero-order valence-corrected chi connectivity index (χ0v) is 13.2. The van der Waals surface area contributed by atoms with Crippen LogP contribution in [0.3, 0.4) is 0 Å². The lowest BCUT2D eigenvalue weighted by Gasteiger charge is -2.31. The van der Waals surface area contributed by atoms with Crippen molar-refractivity contribution in [2.45, 2.75) is 70.3 Å². The van der Waals surface area contributed by atoms with E-state index in [1.165, 1.54) is 74.5 Å². The average molecular weight is 285 g/mol. The Morgan fingerprint density at radius 2 is 1.76 bits per heavy atom. The number of carbonyl (C=O) groups excluding carboxylic acids is 1. The highest BCUT2D eigenvalue weighted by Crippen LogP contribution is 2.24. The molecule has 1 aromatic rings. The zero-order valence-electron chi connectivity index (χ0n) is 13.2. The van der Waals surface area contributed by atoms with Crippen LogP contribution >= 0.6 is 0 Å². The summed E-state index contributed by atoms with van der Waals surface area (Å²) in [4.78, 5) is 14.5. The SMILES string of the molecule is CN(C(=O)Cc1ccc2c(c1)CCCC2)C1CCCCC1. The van der Waals surface area contributed by atoms with E-state index in [1.54, 1.807) is 0 Å². The Hall–Kier alpha value is -1.31.